The minimum absolute atomic E-state index is 0.433. The van der Waals surface area contributed by atoms with Gasteiger partial charge in [-0.1, -0.05) is 27.2 Å². The lowest BCUT2D eigenvalue weighted by Gasteiger charge is -2.33. The van der Waals surface area contributed by atoms with Crippen molar-refractivity contribution in [1.29, 1.82) is 0 Å². The van der Waals surface area contributed by atoms with Gasteiger partial charge in [-0.05, 0) is 31.2 Å². The lowest BCUT2D eigenvalue weighted by molar-refractivity contribution is 0.163. The first-order chi connectivity index (χ1) is 6.56. The Kier molecular flexibility index (Phi) is 7.20. The van der Waals surface area contributed by atoms with Gasteiger partial charge in [0.15, 0.2) is 0 Å². The number of unbranched alkanes of at least 4 members (excludes halogenated alkanes) is 1. The van der Waals surface area contributed by atoms with E-state index < -0.39 is 0 Å². The van der Waals surface area contributed by atoms with Gasteiger partial charge in [-0.3, -0.25) is 0 Å². The second-order valence-corrected chi connectivity index (χ2v) is 4.79. The van der Waals surface area contributed by atoms with Gasteiger partial charge >= 0.3 is 0 Å². The van der Waals surface area contributed by atoms with Crippen LogP contribution in [0.4, 0.5) is 0 Å². The average Bonchev–Trinajstić information content (AvgIpc) is 2.13. The van der Waals surface area contributed by atoms with Crippen LogP contribution in [0.5, 0.6) is 0 Å². The summed E-state index contributed by atoms with van der Waals surface area (Å²) in [6.07, 6.45) is 3.74. The summed E-state index contributed by atoms with van der Waals surface area (Å²) < 4.78 is 5.06. The van der Waals surface area contributed by atoms with E-state index >= 15 is 0 Å². The summed E-state index contributed by atoms with van der Waals surface area (Å²) >= 11 is 0. The molecule has 1 unspecified atom stereocenters. The zero-order chi connectivity index (χ0) is 11.0. The first-order valence-electron chi connectivity index (χ1n) is 5.70. The van der Waals surface area contributed by atoms with Crippen molar-refractivity contribution >= 4 is 0 Å². The minimum atomic E-state index is 0.433. The largest absolute Gasteiger partial charge is 0.385 e. The van der Waals surface area contributed by atoms with E-state index in [0.29, 0.717) is 5.41 Å². The fraction of sp³-hybridized carbons (Fsp3) is 1.00. The molecule has 2 nitrogen and oxygen atoms in total. The predicted molar refractivity (Wildman–Crippen MR) is 62.6 cm³/mol. The third-order valence-electron chi connectivity index (χ3n) is 3.32. The van der Waals surface area contributed by atoms with Gasteiger partial charge < -0.3 is 10.1 Å². The lowest BCUT2D eigenvalue weighted by atomic mass is 9.75. The normalized spacial score (nSPS) is 15.9. The van der Waals surface area contributed by atoms with Crippen LogP contribution in [0, 0.1) is 11.3 Å². The van der Waals surface area contributed by atoms with Crippen LogP contribution in [0.1, 0.15) is 40.0 Å². The maximum atomic E-state index is 5.06. The van der Waals surface area contributed by atoms with E-state index in [1.165, 1.54) is 19.3 Å². The van der Waals surface area contributed by atoms with Crippen molar-refractivity contribution in [2.24, 2.45) is 11.3 Å². The molecule has 0 saturated carbocycles. The second-order valence-electron chi connectivity index (χ2n) is 4.79. The van der Waals surface area contributed by atoms with Crippen molar-refractivity contribution in [2.75, 3.05) is 27.3 Å². The van der Waals surface area contributed by atoms with Crippen LogP contribution in [0.15, 0.2) is 0 Å². The summed E-state index contributed by atoms with van der Waals surface area (Å²) in [5, 5.41) is 3.30. The first-order valence-corrected chi connectivity index (χ1v) is 5.70. The maximum Gasteiger partial charge on any atom is 0.0462 e. The number of nitrogens with one attached hydrogen (secondary N) is 1. The molecule has 2 heteroatoms. The number of methoxy groups -OCH3 is 1. The van der Waals surface area contributed by atoms with Gasteiger partial charge in [0.2, 0.25) is 0 Å². The predicted octanol–water partition coefficient (Wildman–Crippen LogP) is 2.68. The molecule has 86 valence electrons. The zero-order valence-corrected chi connectivity index (χ0v) is 10.5. The fourth-order valence-corrected chi connectivity index (χ4v) is 1.76. The molecule has 0 heterocycles. The van der Waals surface area contributed by atoms with Gasteiger partial charge in [0, 0.05) is 20.3 Å². The number of hydrogen-bond donors (Lipinski definition) is 1. The summed E-state index contributed by atoms with van der Waals surface area (Å²) in [6.45, 7) is 9.01. The molecule has 0 aromatic carbocycles. The molecule has 0 radical (unpaired) electrons. The molecule has 0 bridgehead atoms. The molecule has 0 aliphatic rings. The van der Waals surface area contributed by atoms with E-state index in [4.69, 9.17) is 4.74 Å². The topological polar surface area (TPSA) is 21.3 Å². The quantitative estimate of drug-likeness (QED) is 0.610. The first kappa shape index (κ1) is 13.9. The molecule has 0 spiro atoms. The van der Waals surface area contributed by atoms with E-state index in [0.717, 1.165) is 19.1 Å². The lowest BCUT2D eigenvalue weighted by Crippen LogP contribution is -2.34. The highest BCUT2D eigenvalue weighted by Gasteiger charge is 2.26. The molecule has 0 aromatic heterocycles. The molecule has 0 aromatic rings. The minimum Gasteiger partial charge on any atom is -0.385 e. The van der Waals surface area contributed by atoms with E-state index in [-0.39, 0.29) is 0 Å². The summed E-state index contributed by atoms with van der Waals surface area (Å²) in [4.78, 5) is 0. The van der Waals surface area contributed by atoms with Gasteiger partial charge in [0.25, 0.3) is 0 Å². The van der Waals surface area contributed by atoms with Gasteiger partial charge in [-0.2, -0.15) is 0 Å². The number of hydrogen-bond acceptors (Lipinski definition) is 2. The fourth-order valence-electron chi connectivity index (χ4n) is 1.76. The van der Waals surface area contributed by atoms with E-state index in [1.54, 1.807) is 7.11 Å². The average molecular weight is 201 g/mol. The molecule has 1 N–H and O–H groups in total. The van der Waals surface area contributed by atoms with Crippen LogP contribution in [-0.4, -0.2) is 27.3 Å². The standard InChI is InChI=1S/C12H27NO/c1-11(2)12(3,10-13-4)8-6-7-9-14-5/h11,13H,6-10H2,1-5H3. The van der Waals surface area contributed by atoms with Crippen LogP contribution >= 0.6 is 0 Å². The highest BCUT2D eigenvalue weighted by molar-refractivity contribution is 4.79. The summed E-state index contributed by atoms with van der Waals surface area (Å²) in [7, 11) is 3.81. The van der Waals surface area contributed by atoms with E-state index in [9.17, 15) is 0 Å². The van der Waals surface area contributed by atoms with Crippen molar-refractivity contribution in [1.82, 2.24) is 5.32 Å². The third kappa shape index (κ3) is 4.97. The molecule has 0 saturated heterocycles. The molecule has 1 atom stereocenters. The molecule has 0 fully saturated rings. The van der Waals surface area contributed by atoms with Crippen LogP contribution in [0.25, 0.3) is 0 Å². The van der Waals surface area contributed by atoms with Gasteiger partial charge in [0.05, 0.1) is 0 Å². The molecule has 0 aliphatic carbocycles. The Morgan fingerprint density at radius 2 is 1.93 bits per heavy atom. The van der Waals surface area contributed by atoms with Crippen molar-refractivity contribution < 1.29 is 4.74 Å². The van der Waals surface area contributed by atoms with Crippen LogP contribution in [0.3, 0.4) is 0 Å². The molecule has 0 aliphatic heterocycles. The Hall–Kier alpha value is -0.0800. The Labute approximate surface area is 89.4 Å². The Balaban J connectivity index is 3.84. The van der Waals surface area contributed by atoms with Crippen LogP contribution < -0.4 is 5.32 Å². The van der Waals surface area contributed by atoms with Crippen molar-refractivity contribution in [2.45, 2.75) is 40.0 Å². The molecule has 14 heavy (non-hydrogen) atoms. The van der Waals surface area contributed by atoms with Gasteiger partial charge in [-0.15, -0.1) is 0 Å². The van der Waals surface area contributed by atoms with Crippen molar-refractivity contribution in [3.63, 3.8) is 0 Å². The summed E-state index contributed by atoms with van der Waals surface area (Å²) in [5.74, 6) is 0.734. The second kappa shape index (κ2) is 7.24. The maximum absolute atomic E-state index is 5.06. The SMILES string of the molecule is CNCC(C)(CCCCOC)C(C)C. The van der Waals surface area contributed by atoms with Gasteiger partial charge in [0.1, 0.15) is 0 Å². The highest BCUT2D eigenvalue weighted by atomic mass is 16.5. The summed E-state index contributed by atoms with van der Waals surface area (Å²) in [5.41, 5.74) is 0.433. The highest BCUT2D eigenvalue weighted by Crippen LogP contribution is 2.31. The van der Waals surface area contributed by atoms with Crippen molar-refractivity contribution in [3.8, 4) is 0 Å². The Bertz CT molecular complexity index is 136. The number of rotatable bonds is 8. The molecular formula is C12H27NO. The van der Waals surface area contributed by atoms with Crippen molar-refractivity contribution in [3.05, 3.63) is 0 Å². The zero-order valence-electron chi connectivity index (χ0n) is 10.5. The van der Waals surface area contributed by atoms with E-state index in [2.05, 4.69) is 26.1 Å². The smallest absolute Gasteiger partial charge is 0.0462 e. The Morgan fingerprint density at radius 3 is 2.36 bits per heavy atom. The number of ether oxygens (including phenoxy) is 1. The van der Waals surface area contributed by atoms with Crippen LogP contribution in [0.2, 0.25) is 0 Å². The monoisotopic (exact) mass is 201 g/mol. The van der Waals surface area contributed by atoms with Crippen LogP contribution in [-0.2, 0) is 4.74 Å². The molecule has 0 amide bonds. The third-order valence-corrected chi connectivity index (χ3v) is 3.32. The molecule has 0 rings (SSSR count). The van der Waals surface area contributed by atoms with Gasteiger partial charge in [-0.25, -0.2) is 0 Å². The summed E-state index contributed by atoms with van der Waals surface area (Å²) in [6, 6.07) is 0. The molecular weight excluding hydrogens is 174 g/mol. The Morgan fingerprint density at radius 1 is 1.29 bits per heavy atom. The van der Waals surface area contributed by atoms with E-state index in [1.807, 2.05) is 7.05 Å².